The topological polar surface area (TPSA) is 52.6 Å². The van der Waals surface area contributed by atoms with Crippen LogP contribution < -0.4 is 5.32 Å². The van der Waals surface area contributed by atoms with Crippen molar-refractivity contribution in [1.82, 2.24) is 10.2 Å². The van der Waals surface area contributed by atoms with Gasteiger partial charge in [0.1, 0.15) is 0 Å². The molecule has 2 N–H and O–H groups in total. The number of hydrogen-bond donors (Lipinski definition) is 2. The third kappa shape index (κ3) is 4.94. The predicted molar refractivity (Wildman–Crippen MR) is 73.8 cm³/mol. The Labute approximate surface area is 111 Å². The van der Waals surface area contributed by atoms with Crippen LogP contribution in [0.3, 0.4) is 0 Å². The van der Waals surface area contributed by atoms with E-state index in [0.29, 0.717) is 6.42 Å². The summed E-state index contributed by atoms with van der Waals surface area (Å²) in [5.41, 5.74) is 0.357. The fraction of sp³-hybridized carbons (Fsp3) is 0.929. The maximum atomic E-state index is 10.7. The lowest BCUT2D eigenvalue weighted by Gasteiger charge is -2.39. The molecule has 4 heteroatoms. The summed E-state index contributed by atoms with van der Waals surface area (Å²) in [7, 11) is 0. The van der Waals surface area contributed by atoms with Crippen molar-refractivity contribution in [2.45, 2.75) is 59.0 Å². The molecule has 0 aromatic rings. The van der Waals surface area contributed by atoms with Crippen LogP contribution in [-0.4, -0.2) is 47.2 Å². The normalized spacial score (nSPS) is 25.7. The molecule has 0 aromatic carbocycles. The molecule has 1 heterocycles. The number of carboxylic acid groups (broad SMARTS) is 1. The number of aliphatic carboxylic acids is 1. The lowest BCUT2D eigenvalue weighted by Crippen LogP contribution is -2.48. The largest absolute Gasteiger partial charge is 0.481 e. The molecule has 0 saturated carbocycles. The van der Waals surface area contributed by atoms with Crippen LogP contribution in [0.15, 0.2) is 0 Å². The first kappa shape index (κ1) is 15.4. The van der Waals surface area contributed by atoms with Gasteiger partial charge in [0.15, 0.2) is 0 Å². The summed E-state index contributed by atoms with van der Waals surface area (Å²) in [6.07, 6.45) is 0.952. The lowest BCUT2D eigenvalue weighted by molar-refractivity contribution is -0.137. The van der Waals surface area contributed by atoms with E-state index >= 15 is 0 Å². The molecule has 0 radical (unpaired) electrons. The van der Waals surface area contributed by atoms with Crippen LogP contribution >= 0.6 is 0 Å². The third-order valence-corrected chi connectivity index (χ3v) is 3.58. The Morgan fingerprint density at radius 2 is 2.06 bits per heavy atom. The van der Waals surface area contributed by atoms with Gasteiger partial charge in [0.05, 0.1) is 0 Å². The summed E-state index contributed by atoms with van der Waals surface area (Å²) < 4.78 is 0. The predicted octanol–water partition coefficient (Wildman–Crippen LogP) is 1.95. The Morgan fingerprint density at radius 3 is 2.56 bits per heavy atom. The van der Waals surface area contributed by atoms with Gasteiger partial charge >= 0.3 is 5.97 Å². The molecule has 4 nitrogen and oxygen atoms in total. The van der Waals surface area contributed by atoms with Gasteiger partial charge in [-0.1, -0.05) is 13.8 Å². The second kappa shape index (κ2) is 5.57. The van der Waals surface area contributed by atoms with Gasteiger partial charge in [0.2, 0.25) is 0 Å². The van der Waals surface area contributed by atoms with E-state index in [1.54, 1.807) is 0 Å². The first-order chi connectivity index (χ1) is 8.10. The van der Waals surface area contributed by atoms with Gasteiger partial charge in [-0.2, -0.15) is 0 Å². The number of carboxylic acids is 1. The summed E-state index contributed by atoms with van der Waals surface area (Å²) >= 11 is 0. The zero-order chi connectivity index (χ0) is 14.0. The zero-order valence-electron chi connectivity index (χ0n) is 12.4. The summed E-state index contributed by atoms with van der Waals surface area (Å²) in [5.74, 6) is -0.706. The van der Waals surface area contributed by atoms with Crippen LogP contribution in [0.1, 0.15) is 47.5 Å². The summed E-state index contributed by atoms with van der Waals surface area (Å²) in [4.78, 5) is 13.2. The standard InChI is InChI=1S/C14H28N2O2/c1-13(2,3)16-8-11(6-7-12(17)18)15-9-14(4,5)10-16/h11,15H,6-10H2,1-5H3,(H,17,18). The minimum absolute atomic E-state index is 0.130. The van der Waals surface area contributed by atoms with Crippen LogP contribution in [0.2, 0.25) is 0 Å². The Kier molecular flexibility index (Phi) is 4.78. The summed E-state index contributed by atoms with van der Waals surface area (Å²) in [6.45, 7) is 14.1. The van der Waals surface area contributed by atoms with Crippen molar-refractivity contribution >= 4 is 5.97 Å². The van der Waals surface area contributed by atoms with E-state index in [-0.39, 0.29) is 23.4 Å². The number of hydrogen-bond acceptors (Lipinski definition) is 3. The van der Waals surface area contributed by atoms with Gasteiger partial charge < -0.3 is 10.4 Å². The molecule has 0 bridgehead atoms. The van der Waals surface area contributed by atoms with E-state index < -0.39 is 5.97 Å². The number of rotatable bonds is 3. The highest BCUT2D eigenvalue weighted by atomic mass is 16.4. The van der Waals surface area contributed by atoms with Gasteiger partial charge in [-0.05, 0) is 32.6 Å². The monoisotopic (exact) mass is 256 g/mol. The van der Waals surface area contributed by atoms with Crippen LogP contribution in [-0.2, 0) is 4.79 Å². The molecule has 0 aromatic heterocycles. The van der Waals surface area contributed by atoms with E-state index in [4.69, 9.17) is 5.11 Å². The van der Waals surface area contributed by atoms with Gasteiger partial charge in [-0.25, -0.2) is 0 Å². The second-order valence-electron chi connectivity index (χ2n) is 7.23. The quantitative estimate of drug-likeness (QED) is 0.810. The van der Waals surface area contributed by atoms with Crippen LogP contribution in [0.4, 0.5) is 0 Å². The maximum Gasteiger partial charge on any atom is 0.303 e. The highest BCUT2D eigenvalue weighted by Gasteiger charge is 2.33. The molecule has 18 heavy (non-hydrogen) atoms. The molecule has 1 fully saturated rings. The van der Waals surface area contributed by atoms with E-state index in [9.17, 15) is 4.79 Å². The smallest absolute Gasteiger partial charge is 0.303 e. The minimum atomic E-state index is -0.706. The van der Waals surface area contributed by atoms with Crippen LogP contribution in [0, 0.1) is 5.41 Å². The molecule has 1 aliphatic heterocycles. The number of nitrogens with zero attached hydrogens (tertiary/aromatic N) is 1. The average Bonchev–Trinajstić information content (AvgIpc) is 2.33. The van der Waals surface area contributed by atoms with Gasteiger partial charge in [0.25, 0.3) is 0 Å². The van der Waals surface area contributed by atoms with Crippen molar-refractivity contribution in [2.75, 3.05) is 19.6 Å². The number of carbonyl (C=O) groups is 1. The molecular weight excluding hydrogens is 228 g/mol. The highest BCUT2D eigenvalue weighted by Crippen LogP contribution is 2.25. The molecule has 0 spiro atoms. The van der Waals surface area contributed by atoms with Crippen molar-refractivity contribution in [3.8, 4) is 0 Å². The fourth-order valence-electron chi connectivity index (χ4n) is 2.39. The van der Waals surface area contributed by atoms with Crippen molar-refractivity contribution in [3.05, 3.63) is 0 Å². The Balaban J connectivity index is 2.70. The van der Waals surface area contributed by atoms with Crippen LogP contribution in [0.25, 0.3) is 0 Å². The molecule has 1 rings (SSSR count). The van der Waals surface area contributed by atoms with Gasteiger partial charge in [-0.3, -0.25) is 9.69 Å². The Hall–Kier alpha value is -0.610. The molecule has 1 saturated heterocycles. The first-order valence-electron chi connectivity index (χ1n) is 6.80. The maximum absolute atomic E-state index is 10.7. The molecule has 0 aliphatic carbocycles. The molecule has 1 aliphatic rings. The average molecular weight is 256 g/mol. The molecule has 106 valence electrons. The first-order valence-corrected chi connectivity index (χ1v) is 6.80. The van der Waals surface area contributed by atoms with Crippen LogP contribution in [0.5, 0.6) is 0 Å². The molecule has 1 atom stereocenters. The van der Waals surface area contributed by atoms with E-state index in [0.717, 1.165) is 19.6 Å². The fourth-order valence-corrected chi connectivity index (χ4v) is 2.39. The van der Waals surface area contributed by atoms with Gasteiger partial charge in [0, 0.05) is 37.6 Å². The minimum Gasteiger partial charge on any atom is -0.481 e. The summed E-state index contributed by atoms with van der Waals surface area (Å²) in [5, 5.41) is 12.3. The van der Waals surface area contributed by atoms with Crippen molar-refractivity contribution in [3.63, 3.8) is 0 Å². The second-order valence-corrected chi connectivity index (χ2v) is 7.23. The SMILES string of the molecule is CC1(C)CNC(CCC(=O)O)CN(C(C)(C)C)C1. The van der Waals surface area contributed by atoms with Crippen molar-refractivity contribution in [1.29, 1.82) is 0 Å². The lowest BCUT2D eigenvalue weighted by atomic mass is 9.91. The van der Waals surface area contributed by atoms with E-state index in [2.05, 4.69) is 44.8 Å². The third-order valence-electron chi connectivity index (χ3n) is 3.58. The van der Waals surface area contributed by atoms with Crippen molar-refractivity contribution in [2.24, 2.45) is 5.41 Å². The molecule has 1 unspecified atom stereocenters. The Bertz CT molecular complexity index is 295. The summed E-state index contributed by atoms with van der Waals surface area (Å²) in [6, 6.07) is 0.280. The Morgan fingerprint density at radius 1 is 1.44 bits per heavy atom. The van der Waals surface area contributed by atoms with E-state index in [1.165, 1.54) is 0 Å². The number of nitrogens with one attached hydrogen (secondary N) is 1. The van der Waals surface area contributed by atoms with E-state index in [1.807, 2.05) is 0 Å². The zero-order valence-corrected chi connectivity index (χ0v) is 12.4. The van der Waals surface area contributed by atoms with Crippen molar-refractivity contribution < 1.29 is 9.90 Å². The molecule has 0 amide bonds. The highest BCUT2D eigenvalue weighted by molar-refractivity contribution is 5.66. The van der Waals surface area contributed by atoms with Gasteiger partial charge in [-0.15, -0.1) is 0 Å². The molecular formula is C14H28N2O2.